The van der Waals surface area contributed by atoms with Gasteiger partial charge >= 0.3 is 0 Å². The minimum Gasteiger partial charge on any atom is -0.368 e. The first-order valence-electron chi connectivity index (χ1n) is 4.73. The van der Waals surface area contributed by atoms with Crippen LogP contribution in [0.25, 0.3) is 0 Å². The molecule has 0 atom stereocenters. The van der Waals surface area contributed by atoms with Crippen LogP contribution >= 0.6 is 21.6 Å². The monoisotopic (exact) mass is 238 g/mol. The van der Waals surface area contributed by atoms with E-state index in [2.05, 4.69) is 30.2 Å². The molecule has 1 aromatic carbocycles. The summed E-state index contributed by atoms with van der Waals surface area (Å²) < 4.78 is 5.16. The lowest BCUT2D eigenvalue weighted by Crippen LogP contribution is -1.95. The summed E-state index contributed by atoms with van der Waals surface area (Å²) in [6.07, 6.45) is 5.06. The van der Waals surface area contributed by atoms with Crippen molar-refractivity contribution in [2.75, 3.05) is 19.0 Å². The van der Waals surface area contributed by atoms with Crippen LogP contribution < -0.4 is 0 Å². The van der Waals surface area contributed by atoms with Crippen LogP contribution in [-0.2, 0) is 10.5 Å². The van der Waals surface area contributed by atoms with Crippen molar-refractivity contribution in [2.24, 2.45) is 0 Å². The predicted octanol–water partition coefficient (Wildman–Crippen LogP) is 3.22. The number of rotatable bonds is 7. The molecule has 1 rings (SSSR count). The molecule has 0 bridgehead atoms. The molecule has 0 heterocycles. The van der Waals surface area contributed by atoms with Crippen molar-refractivity contribution < 1.29 is 4.74 Å². The van der Waals surface area contributed by atoms with Gasteiger partial charge in [-0.3, -0.25) is 0 Å². The molecule has 0 saturated carbocycles. The maximum atomic E-state index is 5.16. The second-order valence-corrected chi connectivity index (χ2v) is 5.41. The molecule has 0 saturated heterocycles. The quantitative estimate of drug-likeness (QED) is 0.410. The maximum absolute atomic E-state index is 5.16. The average Bonchev–Trinajstić information content (AvgIpc) is 2.29. The second kappa shape index (κ2) is 8.72. The van der Waals surface area contributed by atoms with E-state index in [0.29, 0.717) is 6.61 Å². The van der Waals surface area contributed by atoms with Gasteiger partial charge in [-0.2, -0.15) is 0 Å². The van der Waals surface area contributed by atoms with Crippen LogP contribution in [0, 0.1) is 12.3 Å². The Labute approximate surface area is 99.4 Å². The topological polar surface area (TPSA) is 9.23 Å². The SMILES string of the molecule is C#CCOCCSSCc1ccccc1. The fourth-order valence-electron chi connectivity index (χ4n) is 0.967. The molecular formula is C12H14OS2. The van der Waals surface area contributed by atoms with Crippen LogP contribution in [0.2, 0.25) is 0 Å². The second-order valence-electron chi connectivity index (χ2n) is 2.83. The molecule has 3 heteroatoms. The van der Waals surface area contributed by atoms with Gasteiger partial charge < -0.3 is 4.74 Å². The summed E-state index contributed by atoms with van der Waals surface area (Å²) in [7, 11) is 3.67. The van der Waals surface area contributed by atoms with Crippen LogP contribution in [0.15, 0.2) is 30.3 Å². The Kier molecular flexibility index (Phi) is 7.28. The van der Waals surface area contributed by atoms with E-state index < -0.39 is 0 Å². The van der Waals surface area contributed by atoms with E-state index in [1.807, 2.05) is 27.7 Å². The van der Waals surface area contributed by atoms with Gasteiger partial charge in [0.1, 0.15) is 6.61 Å². The van der Waals surface area contributed by atoms with Gasteiger partial charge in [0.2, 0.25) is 0 Å². The Bertz CT molecular complexity index is 292. The Hall–Kier alpha value is -0.560. The Morgan fingerprint density at radius 2 is 2.00 bits per heavy atom. The summed E-state index contributed by atoms with van der Waals surface area (Å²) in [5.74, 6) is 4.47. The lowest BCUT2D eigenvalue weighted by molar-refractivity contribution is 0.185. The molecule has 0 spiro atoms. The first-order chi connectivity index (χ1) is 7.43. The van der Waals surface area contributed by atoms with Crippen molar-refractivity contribution in [2.45, 2.75) is 5.75 Å². The molecule has 1 nitrogen and oxygen atoms in total. The van der Waals surface area contributed by atoms with Crippen molar-refractivity contribution in [1.29, 1.82) is 0 Å². The zero-order valence-electron chi connectivity index (χ0n) is 8.52. The Morgan fingerprint density at radius 1 is 1.20 bits per heavy atom. The molecule has 0 radical (unpaired) electrons. The minimum atomic E-state index is 0.421. The minimum absolute atomic E-state index is 0.421. The lowest BCUT2D eigenvalue weighted by Gasteiger charge is -2.01. The molecule has 15 heavy (non-hydrogen) atoms. The molecule has 80 valence electrons. The lowest BCUT2D eigenvalue weighted by atomic mass is 10.2. The van der Waals surface area contributed by atoms with E-state index in [1.165, 1.54) is 5.56 Å². The molecule has 0 aliphatic rings. The summed E-state index contributed by atoms with van der Waals surface area (Å²) in [6.45, 7) is 1.15. The fourth-order valence-corrected chi connectivity index (χ4v) is 2.90. The highest BCUT2D eigenvalue weighted by molar-refractivity contribution is 8.76. The third-order valence-electron chi connectivity index (χ3n) is 1.65. The van der Waals surface area contributed by atoms with Crippen molar-refractivity contribution in [3.63, 3.8) is 0 Å². The van der Waals surface area contributed by atoms with Gasteiger partial charge in [0.15, 0.2) is 0 Å². The largest absolute Gasteiger partial charge is 0.368 e. The zero-order chi connectivity index (χ0) is 10.8. The van der Waals surface area contributed by atoms with Crippen LogP contribution in [0.3, 0.4) is 0 Å². The molecule has 0 unspecified atom stereocenters. The van der Waals surface area contributed by atoms with Crippen LogP contribution in [0.4, 0.5) is 0 Å². The van der Waals surface area contributed by atoms with Crippen LogP contribution in [-0.4, -0.2) is 19.0 Å². The molecule has 0 amide bonds. The highest BCUT2D eigenvalue weighted by Gasteiger charge is 1.93. The van der Waals surface area contributed by atoms with Gasteiger partial charge in [-0.1, -0.05) is 57.8 Å². The summed E-state index contributed by atoms with van der Waals surface area (Å²) in [5.41, 5.74) is 1.36. The van der Waals surface area contributed by atoms with E-state index in [1.54, 1.807) is 0 Å². The summed E-state index contributed by atoms with van der Waals surface area (Å²) in [5, 5.41) is 0. The molecular weight excluding hydrogens is 224 g/mol. The summed E-state index contributed by atoms with van der Waals surface area (Å²) >= 11 is 0. The third kappa shape index (κ3) is 6.51. The van der Waals surface area contributed by atoms with Gasteiger partial charge in [0.05, 0.1) is 6.61 Å². The van der Waals surface area contributed by atoms with Crippen molar-refractivity contribution >= 4 is 21.6 Å². The highest BCUT2D eigenvalue weighted by atomic mass is 33.1. The smallest absolute Gasteiger partial charge is 0.107 e. The predicted molar refractivity (Wildman–Crippen MR) is 69.8 cm³/mol. The molecule has 0 fully saturated rings. The molecule has 1 aromatic rings. The van der Waals surface area contributed by atoms with Gasteiger partial charge in [0, 0.05) is 11.5 Å². The zero-order valence-corrected chi connectivity index (χ0v) is 10.2. The summed E-state index contributed by atoms with van der Waals surface area (Å²) in [6, 6.07) is 10.5. The summed E-state index contributed by atoms with van der Waals surface area (Å²) in [4.78, 5) is 0. The normalized spacial score (nSPS) is 9.80. The van der Waals surface area contributed by atoms with Gasteiger partial charge in [-0.05, 0) is 5.56 Å². The number of benzene rings is 1. The van der Waals surface area contributed by atoms with Gasteiger partial charge in [0.25, 0.3) is 0 Å². The first-order valence-corrected chi connectivity index (χ1v) is 7.22. The Morgan fingerprint density at radius 3 is 2.73 bits per heavy atom. The van der Waals surface area contributed by atoms with Crippen LogP contribution in [0.1, 0.15) is 5.56 Å². The van der Waals surface area contributed by atoms with E-state index in [4.69, 9.17) is 11.2 Å². The van der Waals surface area contributed by atoms with E-state index in [9.17, 15) is 0 Å². The number of terminal acetylenes is 1. The van der Waals surface area contributed by atoms with Gasteiger partial charge in [-0.25, -0.2) is 0 Å². The maximum Gasteiger partial charge on any atom is 0.107 e. The molecule has 0 aromatic heterocycles. The number of hydrogen-bond acceptors (Lipinski definition) is 3. The van der Waals surface area contributed by atoms with Crippen molar-refractivity contribution in [1.82, 2.24) is 0 Å². The van der Waals surface area contributed by atoms with Crippen molar-refractivity contribution in [3.05, 3.63) is 35.9 Å². The Balaban J connectivity index is 1.96. The third-order valence-corrected chi connectivity index (χ3v) is 3.95. The highest BCUT2D eigenvalue weighted by Crippen LogP contribution is 2.25. The van der Waals surface area contributed by atoms with E-state index in [-0.39, 0.29) is 0 Å². The first kappa shape index (κ1) is 12.5. The van der Waals surface area contributed by atoms with Crippen LogP contribution in [0.5, 0.6) is 0 Å². The molecule has 0 N–H and O–H groups in total. The number of ether oxygens (including phenoxy) is 1. The average molecular weight is 238 g/mol. The number of hydrogen-bond donors (Lipinski definition) is 0. The molecule has 0 aliphatic heterocycles. The van der Waals surface area contributed by atoms with E-state index in [0.717, 1.165) is 18.1 Å². The van der Waals surface area contributed by atoms with E-state index >= 15 is 0 Å². The molecule has 0 aliphatic carbocycles. The van der Waals surface area contributed by atoms with Gasteiger partial charge in [-0.15, -0.1) is 6.42 Å². The standard InChI is InChI=1S/C12H14OS2/c1-2-8-13-9-10-14-15-11-12-6-4-3-5-7-12/h1,3-7H,8-11H2. The fraction of sp³-hybridized carbons (Fsp3) is 0.333. The van der Waals surface area contributed by atoms with Crippen molar-refractivity contribution in [3.8, 4) is 12.3 Å².